The van der Waals surface area contributed by atoms with Crippen molar-refractivity contribution in [2.45, 2.75) is 25.4 Å². The third-order valence-electron chi connectivity index (χ3n) is 4.38. The van der Waals surface area contributed by atoms with Crippen LogP contribution >= 0.6 is 11.6 Å². The highest BCUT2D eigenvalue weighted by Crippen LogP contribution is 2.28. The summed E-state index contributed by atoms with van der Waals surface area (Å²) in [6, 6.07) is 14.7. The molecule has 0 fully saturated rings. The van der Waals surface area contributed by atoms with E-state index in [4.69, 9.17) is 11.6 Å². The van der Waals surface area contributed by atoms with Gasteiger partial charge in [0.15, 0.2) is 0 Å². The van der Waals surface area contributed by atoms with E-state index in [1.165, 1.54) is 12.1 Å². The van der Waals surface area contributed by atoms with Gasteiger partial charge in [-0.05, 0) is 30.2 Å². The number of aromatic nitrogens is 2. The van der Waals surface area contributed by atoms with E-state index in [1.807, 2.05) is 37.4 Å². The molecule has 1 amide bonds. The summed E-state index contributed by atoms with van der Waals surface area (Å²) in [7, 11) is 0. The highest BCUT2D eigenvalue weighted by molar-refractivity contribution is 6.31. The number of carbonyl (C=O) groups is 1. The first-order valence-electron chi connectivity index (χ1n) is 8.72. The fraction of sp³-hybridized carbons (Fsp3) is 0.200. The Morgan fingerprint density at radius 3 is 2.71 bits per heavy atom. The number of non-ortho nitro benzene ring substituents is 1. The van der Waals surface area contributed by atoms with E-state index in [2.05, 4.69) is 10.4 Å². The fourth-order valence-electron chi connectivity index (χ4n) is 3.15. The SMILES string of the molecule is C[C@@H](NC(=O)Cc1cccc([N+](=O)[O-])c1)[C@H](c1ccccc1Cl)n1cccn1. The molecule has 0 unspecified atom stereocenters. The Kier molecular flexibility index (Phi) is 6.06. The summed E-state index contributed by atoms with van der Waals surface area (Å²) in [6.07, 6.45) is 3.53. The molecule has 0 aliphatic rings. The molecular formula is C20H19ClN4O3. The number of hydrogen-bond acceptors (Lipinski definition) is 4. The summed E-state index contributed by atoms with van der Waals surface area (Å²) in [4.78, 5) is 23.0. The minimum Gasteiger partial charge on any atom is -0.351 e. The summed E-state index contributed by atoms with van der Waals surface area (Å²) in [5.74, 6) is -0.239. The first-order valence-corrected chi connectivity index (χ1v) is 9.09. The summed E-state index contributed by atoms with van der Waals surface area (Å²) >= 11 is 6.38. The standard InChI is InChI=1S/C20H19ClN4O3/c1-14(23-19(26)13-15-6-4-7-16(12-15)25(27)28)20(24-11-5-10-22-24)17-8-2-3-9-18(17)21/h2-12,14,20H,13H2,1H3,(H,23,26)/t14-,20-/m1/s1. The number of benzene rings is 2. The third-order valence-corrected chi connectivity index (χ3v) is 4.73. The molecule has 1 heterocycles. The number of rotatable bonds is 7. The Hall–Kier alpha value is -3.19. The lowest BCUT2D eigenvalue weighted by molar-refractivity contribution is -0.384. The molecule has 0 bridgehead atoms. The van der Waals surface area contributed by atoms with E-state index in [-0.39, 0.29) is 30.1 Å². The number of nitro benzene ring substituents is 1. The maximum Gasteiger partial charge on any atom is 0.269 e. The van der Waals surface area contributed by atoms with Crippen LogP contribution in [0.4, 0.5) is 5.69 Å². The van der Waals surface area contributed by atoms with Crippen LogP contribution in [0.2, 0.25) is 5.02 Å². The molecule has 0 saturated carbocycles. The average molecular weight is 399 g/mol. The molecule has 144 valence electrons. The number of amides is 1. The smallest absolute Gasteiger partial charge is 0.269 e. The molecule has 0 spiro atoms. The van der Waals surface area contributed by atoms with Crippen LogP contribution in [-0.4, -0.2) is 26.7 Å². The van der Waals surface area contributed by atoms with Gasteiger partial charge < -0.3 is 5.32 Å². The predicted molar refractivity (Wildman–Crippen MR) is 106 cm³/mol. The number of nitrogens with zero attached hydrogens (tertiary/aromatic N) is 3. The first-order chi connectivity index (χ1) is 13.5. The molecule has 8 heteroatoms. The number of nitro groups is 1. The van der Waals surface area contributed by atoms with Crippen molar-refractivity contribution >= 4 is 23.2 Å². The zero-order chi connectivity index (χ0) is 20.1. The second-order valence-electron chi connectivity index (χ2n) is 6.41. The molecule has 2 aromatic carbocycles. The van der Waals surface area contributed by atoms with Crippen LogP contribution in [0.1, 0.15) is 24.1 Å². The van der Waals surface area contributed by atoms with Gasteiger partial charge in [-0.25, -0.2) is 0 Å². The van der Waals surface area contributed by atoms with E-state index < -0.39 is 4.92 Å². The van der Waals surface area contributed by atoms with Gasteiger partial charge in [-0.15, -0.1) is 0 Å². The summed E-state index contributed by atoms with van der Waals surface area (Å²) in [6.45, 7) is 1.88. The second kappa shape index (κ2) is 8.67. The van der Waals surface area contributed by atoms with E-state index in [0.717, 1.165) is 5.56 Å². The minimum atomic E-state index is -0.477. The molecule has 1 N–H and O–H groups in total. The number of nitrogens with one attached hydrogen (secondary N) is 1. The van der Waals surface area contributed by atoms with E-state index >= 15 is 0 Å². The normalized spacial score (nSPS) is 12.9. The van der Waals surface area contributed by atoms with E-state index in [9.17, 15) is 14.9 Å². The van der Waals surface area contributed by atoms with Gasteiger partial charge in [-0.1, -0.05) is 41.9 Å². The molecule has 28 heavy (non-hydrogen) atoms. The average Bonchev–Trinajstić information content (AvgIpc) is 3.18. The van der Waals surface area contributed by atoms with Crippen molar-refractivity contribution in [3.05, 3.63) is 93.3 Å². The van der Waals surface area contributed by atoms with Crippen LogP contribution in [-0.2, 0) is 11.2 Å². The zero-order valence-electron chi connectivity index (χ0n) is 15.2. The summed E-state index contributed by atoms with van der Waals surface area (Å²) < 4.78 is 1.75. The van der Waals surface area contributed by atoms with Crippen LogP contribution < -0.4 is 5.32 Å². The van der Waals surface area contributed by atoms with Gasteiger partial charge in [0.25, 0.3) is 5.69 Å². The van der Waals surface area contributed by atoms with Crippen molar-refractivity contribution in [2.75, 3.05) is 0 Å². The summed E-state index contributed by atoms with van der Waals surface area (Å²) in [5.41, 5.74) is 1.38. The lowest BCUT2D eigenvalue weighted by atomic mass is 10.00. The van der Waals surface area contributed by atoms with Crippen LogP contribution in [0, 0.1) is 10.1 Å². The van der Waals surface area contributed by atoms with Crippen molar-refractivity contribution in [2.24, 2.45) is 0 Å². The van der Waals surface area contributed by atoms with Crippen molar-refractivity contribution < 1.29 is 9.72 Å². The Morgan fingerprint density at radius 1 is 1.25 bits per heavy atom. The molecule has 3 rings (SSSR count). The van der Waals surface area contributed by atoms with Crippen molar-refractivity contribution in [3.63, 3.8) is 0 Å². The molecule has 0 saturated heterocycles. The number of halogens is 1. The Labute approximate surface area is 167 Å². The van der Waals surface area contributed by atoms with Crippen molar-refractivity contribution in [3.8, 4) is 0 Å². The molecule has 7 nitrogen and oxygen atoms in total. The Balaban J connectivity index is 1.78. The number of carbonyl (C=O) groups excluding carboxylic acids is 1. The van der Waals surface area contributed by atoms with Gasteiger partial charge in [0.2, 0.25) is 5.91 Å². The molecule has 3 aromatic rings. The van der Waals surface area contributed by atoms with Crippen LogP contribution in [0.5, 0.6) is 0 Å². The lowest BCUT2D eigenvalue weighted by Gasteiger charge is -2.26. The first kappa shape index (κ1) is 19.6. The van der Waals surface area contributed by atoms with Crippen LogP contribution in [0.25, 0.3) is 0 Å². The molecular weight excluding hydrogens is 380 g/mol. The molecule has 0 radical (unpaired) electrons. The van der Waals surface area contributed by atoms with Gasteiger partial charge in [-0.2, -0.15) is 5.10 Å². The van der Waals surface area contributed by atoms with E-state index in [0.29, 0.717) is 10.6 Å². The second-order valence-corrected chi connectivity index (χ2v) is 6.82. The van der Waals surface area contributed by atoms with Gasteiger partial charge in [-0.3, -0.25) is 19.6 Å². The monoisotopic (exact) mass is 398 g/mol. The van der Waals surface area contributed by atoms with Gasteiger partial charge in [0, 0.05) is 29.5 Å². The largest absolute Gasteiger partial charge is 0.351 e. The lowest BCUT2D eigenvalue weighted by Crippen LogP contribution is -2.40. The van der Waals surface area contributed by atoms with Crippen molar-refractivity contribution in [1.29, 1.82) is 0 Å². The fourth-order valence-corrected chi connectivity index (χ4v) is 3.40. The maximum absolute atomic E-state index is 12.6. The third kappa shape index (κ3) is 4.55. The van der Waals surface area contributed by atoms with Crippen LogP contribution in [0.3, 0.4) is 0 Å². The molecule has 0 aliphatic heterocycles. The summed E-state index contributed by atoms with van der Waals surface area (Å²) in [5, 5.41) is 18.8. The number of hydrogen-bond donors (Lipinski definition) is 1. The van der Waals surface area contributed by atoms with Crippen molar-refractivity contribution in [1.82, 2.24) is 15.1 Å². The molecule has 0 aliphatic carbocycles. The quantitative estimate of drug-likeness (QED) is 0.484. The molecule has 2 atom stereocenters. The Bertz CT molecular complexity index is 975. The predicted octanol–water partition coefficient (Wildman–Crippen LogP) is 3.78. The minimum absolute atomic E-state index is 0.0381. The highest BCUT2D eigenvalue weighted by Gasteiger charge is 2.25. The zero-order valence-corrected chi connectivity index (χ0v) is 15.9. The topological polar surface area (TPSA) is 90.1 Å². The molecule has 1 aromatic heterocycles. The van der Waals surface area contributed by atoms with Gasteiger partial charge >= 0.3 is 0 Å². The van der Waals surface area contributed by atoms with E-state index in [1.54, 1.807) is 29.1 Å². The Morgan fingerprint density at radius 2 is 2.04 bits per heavy atom. The highest BCUT2D eigenvalue weighted by atomic mass is 35.5. The van der Waals surface area contributed by atoms with Gasteiger partial charge in [0.1, 0.15) is 0 Å². The maximum atomic E-state index is 12.6. The van der Waals surface area contributed by atoms with Crippen LogP contribution in [0.15, 0.2) is 67.0 Å². The van der Waals surface area contributed by atoms with Gasteiger partial charge in [0.05, 0.1) is 23.4 Å².